The molecule has 1 rings (SSSR count). The van der Waals surface area contributed by atoms with Gasteiger partial charge in [-0.15, -0.1) is 0 Å². The van der Waals surface area contributed by atoms with Crippen LogP contribution in [0.3, 0.4) is 0 Å². The molecule has 3 atom stereocenters. The zero-order chi connectivity index (χ0) is 18.0. The van der Waals surface area contributed by atoms with E-state index in [1.807, 2.05) is 20.8 Å². The molecule has 2 unspecified atom stereocenters. The summed E-state index contributed by atoms with van der Waals surface area (Å²) in [5, 5.41) is 30.8. The van der Waals surface area contributed by atoms with E-state index in [2.05, 4.69) is 10.6 Å². The van der Waals surface area contributed by atoms with Crippen molar-refractivity contribution in [2.75, 3.05) is 6.54 Å². The summed E-state index contributed by atoms with van der Waals surface area (Å²) in [5.41, 5.74) is 5.68. The van der Waals surface area contributed by atoms with Crippen molar-refractivity contribution in [2.24, 2.45) is 11.7 Å². The molecule has 0 radical (unpaired) electrons. The maximum atomic E-state index is 11.6. The molecular weight excluding hydrogens is 301 g/mol. The quantitative estimate of drug-likeness (QED) is 0.334. The van der Waals surface area contributed by atoms with Crippen LogP contribution < -0.4 is 16.4 Å². The van der Waals surface area contributed by atoms with Crippen molar-refractivity contribution in [1.82, 2.24) is 10.6 Å². The van der Waals surface area contributed by atoms with Crippen molar-refractivity contribution in [2.45, 2.75) is 64.5 Å². The predicted molar refractivity (Wildman–Crippen MR) is 88.7 cm³/mol. The molecule has 0 aromatic heterocycles. The van der Waals surface area contributed by atoms with Gasteiger partial charge in [0.25, 0.3) is 0 Å². The molecule has 1 saturated heterocycles. The number of carbonyl (C=O) groups excluding carboxylic acids is 1. The highest BCUT2D eigenvalue weighted by Gasteiger charge is 2.31. The second-order valence-electron chi connectivity index (χ2n) is 6.13. The summed E-state index contributed by atoms with van der Waals surface area (Å²) in [4.78, 5) is 22.3. The number of unbranched alkanes of at least 4 members (excludes halogenated alkanes) is 1. The van der Waals surface area contributed by atoms with Crippen LogP contribution in [0.2, 0.25) is 6.32 Å². The molecule has 1 heterocycles. The smallest absolute Gasteiger partial charge is 0.451 e. The normalized spacial score (nSPS) is 21.3. The van der Waals surface area contributed by atoms with Crippen LogP contribution in [0.4, 0.5) is 0 Å². The third-order valence-electron chi connectivity index (χ3n) is 3.61. The molecule has 0 aromatic carbocycles. The summed E-state index contributed by atoms with van der Waals surface area (Å²) >= 11 is 0. The number of carbonyl (C=O) groups is 2. The molecule has 23 heavy (non-hydrogen) atoms. The first kappa shape index (κ1) is 21.8. The average Bonchev–Trinajstić information content (AvgIpc) is 2.93. The number of amides is 1. The van der Waals surface area contributed by atoms with Crippen molar-refractivity contribution < 1.29 is 24.7 Å². The minimum Gasteiger partial charge on any atom is -0.480 e. The Balaban J connectivity index is 0.000000585. The molecule has 1 aliphatic heterocycles. The highest BCUT2D eigenvalue weighted by atomic mass is 16.4. The summed E-state index contributed by atoms with van der Waals surface area (Å²) in [6.07, 6.45) is 2.84. The lowest BCUT2D eigenvalue weighted by atomic mass is 9.84. The Hall–Kier alpha value is -1.16. The Bertz CT molecular complexity index is 368. The molecule has 0 bridgehead atoms. The first-order valence-corrected chi connectivity index (χ1v) is 8.07. The van der Waals surface area contributed by atoms with Crippen molar-refractivity contribution in [3.63, 3.8) is 0 Å². The van der Waals surface area contributed by atoms with Crippen molar-refractivity contribution in [3.05, 3.63) is 0 Å². The maximum absolute atomic E-state index is 11.6. The van der Waals surface area contributed by atoms with Crippen molar-refractivity contribution in [1.29, 1.82) is 0 Å². The summed E-state index contributed by atoms with van der Waals surface area (Å²) in [6, 6.07) is -1.25. The molecule has 0 spiro atoms. The maximum Gasteiger partial charge on any atom is 0.451 e. The van der Waals surface area contributed by atoms with E-state index >= 15 is 0 Å². The van der Waals surface area contributed by atoms with Gasteiger partial charge in [0.15, 0.2) is 0 Å². The molecule has 0 saturated carbocycles. The van der Waals surface area contributed by atoms with Crippen LogP contribution in [0, 0.1) is 5.92 Å². The number of carboxylic acid groups (broad SMARTS) is 1. The second-order valence-corrected chi connectivity index (χ2v) is 6.13. The summed E-state index contributed by atoms with van der Waals surface area (Å²) in [7, 11) is -1.10. The van der Waals surface area contributed by atoms with Gasteiger partial charge < -0.3 is 31.5 Å². The van der Waals surface area contributed by atoms with Gasteiger partial charge in [-0.05, 0) is 18.7 Å². The van der Waals surface area contributed by atoms with E-state index in [1.54, 1.807) is 0 Å². The zero-order valence-corrected chi connectivity index (χ0v) is 14.2. The Morgan fingerprint density at radius 2 is 2.00 bits per heavy atom. The van der Waals surface area contributed by atoms with E-state index in [4.69, 9.17) is 20.9 Å². The van der Waals surface area contributed by atoms with Gasteiger partial charge in [-0.1, -0.05) is 33.6 Å². The van der Waals surface area contributed by atoms with Gasteiger partial charge in [-0.25, -0.2) is 0 Å². The lowest BCUT2D eigenvalue weighted by Gasteiger charge is -2.18. The highest BCUT2D eigenvalue weighted by molar-refractivity contribution is 6.40. The number of rotatable bonds is 7. The molecule has 1 fully saturated rings. The molecule has 1 aliphatic rings. The fourth-order valence-electron chi connectivity index (χ4n) is 2.02. The number of hydrogen-bond acceptors (Lipinski definition) is 6. The van der Waals surface area contributed by atoms with Gasteiger partial charge in [-0.2, -0.15) is 0 Å². The minimum atomic E-state index is -1.10. The van der Waals surface area contributed by atoms with E-state index in [1.165, 1.54) is 0 Å². The van der Waals surface area contributed by atoms with E-state index in [-0.39, 0.29) is 17.9 Å². The van der Waals surface area contributed by atoms with Gasteiger partial charge in [-0.3, -0.25) is 9.59 Å². The number of carboxylic acids is 1. The molecule has 0 aliphatic carbocycles. The average molecular weight is 331 g/mol. The first-order chi connectivity index (χ1) is 10.7. The Kier molecular flexibility index (Phi) is 10.8. The monoisotopic (exact) mass is 331 g/mol. The Labute approximate surface area is 138 Å². The Morgan fingerprint density at radius 3 is 2.35 bits per heavy atom. The van der Waals surface area contributed by atoms with Crippen LogP contribution in [0.15, 0.2) is 0 Å². The highest BCUT2D eigenvalue weighted by Crippen LogP contribution is 2.08. The number of hydrogen-bond donors (Lipinski definition) is 6. The SMILES string of the molecule is CC(C)C(N)C(=O)NC1CN[C@@H](C(=O)O)C1.CCCCB(O)O. The summed E-state index contributed by atoms with van der Waals surface area (Å²) < 4.78 is 0. The molecule has 9 heteroatoms. The fourth-order valence-corrected chi connectivity index (χ4v) is 2.02. The van der Waals surface area contributed by atoms with Crippen molar-refractivity contribution >= 4 is 19.0 Å². The first-order valence-electron chi connectivity index (χ1n) is 8.07. The summed E-state index contributed by atoms with van der Waals surface area (Å²) in [6.45, 7) is 6.24. The third kappa shape index (κ3) is 9.55. The van der Waals surface area contributed by atoms with Gasteiger partial charge in [0.1, 0.15) is 6.04 Å². The Morgan fingerprint density at radius 1 is 1.39 bits per heavy atom. The number of nitrogens with two attached hydrogens (primary N) is 1. The standard InChI is InChI=1S/C10H19N3O3.C4H11BO2/c1-5(2)8(11)9(14)13-6-3-7(10(15)16)12-4-6;1-2-3-4-5(6)7/h5-8,12H,3-4,11H2,1-2H3,(H,13,14)(H,15,16);6-7H,2-4H2,1H3/t6?,7-,8?;/m1./s1. The van der Waals surface area contributed by atoms with Crippen LogP contribution >= 0.6 is 0 Å². The van der Waals surface area contributed by atoms with Crippen LogP contribution in [-0.4, -0.2) is 58.8 Å². The van der Waals surface area contributed by atoms with Gasteiger partial charge >= 0.3 is 13.1 Å². The molecule has 7 N–H and O–H groups in total. The lowest BCUT2D eigenvalue weighted by molar-refractivity contribution is -0.139. The molecule has 1 amide bonds. The van der Waals surface area contributed by atoms with Gasteiger partial charge in [0, 0.05) is 12.6 Å². The van der Waals surface area contributed by atoms with Crippen LogP contribution in [0.5, 0.6) is 0 Å². The minimum absolute atomic E-state index is 0.0737. The largest absolute Gasteiger partial charge is 0.480 e. The predicted octanol–water partition coefficient (Wildman–Crippen LogP) is -0.840. The summed E-state index contributed by atoms with van der Waals surface area (Å²) in [5.74, 6) is -1.03. The topological polar surface area (TPSA) is 145 Å². The molecule has 0 aromatic rings. The van der Waals surface area contributed by atoms with Crippen LogP contribution in [-0.2, 0) is 9.59 Å². The van der Waals surface area contributed by atoms with Crippen LogP contribution in [0.1, 0.15) is 40.0 Å². The van der Waals surface area contributed by atoms with E-state index < -0.39 is 25.2 Å². The van der Waals surface area contributed by atoms with E-state index in [0.717, 1.165) is 12.8 Å². The number of aliphatic carboxylic acids is 1. The zero-order valence-electron chi connectivity index (χ0n) is 14.2. The second kappa shape index (κ2) is 11.4. The van der Waals surface area contributed by atoms with Gasteiger partial charge in [0.05, 0.1) is 6.04 Å². The molecular formula is C14H30BN3O5. The molecule has 134 valence electrons. The molecule has 8 nitrogen and oxygen atoms in total. The van der Waals surface area contributed by atoms with Gasteiger partial charge in [0.2, 0.25) is 5.91 Å². The van der Waals surface area contributed by atoms with E-state index in [0.29, 0.717) is 19.3 Å². The third-order valence-corrected chi connectivity index (χ3v) is 3.61. The van der Waals surface area contributed by atoms with Crippen molar-refractivity contribution in [3.8, 4) is 0 Å². The number of nitrogens with one attached hydrogen (secondary N) is 2. The van der Waals surface area contributed by atoms with E-state index in [9.17, 15) is 9.59 Å². The fraction of sp³-hybridized carbons (Fsp3) is 0.857. The van der Waals surface area contributed by atoms with Crippen LogP contribution in [0.25, 0.3) is 0 Å². The lowest BCUT2D eigenvalue weighted by Crippen LogP contribution is -2.48.